The quantitative estimate of drug-likeness (QED) is 0.862. The van der Waals surface area contributed by atoms with Crippen LogP contribution in [0.3, 0.4) is 0 Å². The summed E-state index contributed by atoms with van der Waals surface area (Å²) in [6.45, 7) is 1.92. The molecule has 0 heterocycles. The number of halogens is 2. The number of rotatable bonds is 3. The van der Waals surface area contributed by atoms with E-state index in [-0.39, 0.29) is 0 Å². The van der Waals surface area contributed by atoms with E-state index in [9.17, 15) is 5.11 Å². The van der Waals surface area contributed by atoms with E-state index in [2.05, 4.69) is 15.9 Å². The number of aliphatic hydroxyl groups is 1. The van der Waals surface area contributed by atoms with Crippen LogP contribution >= 0.6 is 27.5 Å². The zero-order valence-electron chi connectivity index (χ0n) is 8.05. The van der Waals surface area contributed by atoms with Crippen molar-refractivity contribution in [2.24, 2.45) is 0 Å². The molecule has 14 heavy (non-hydrogen) atoms. The number of alkyl halides is 1. The van der Waals surface area contributed by atoms with Gasteiger partial charge in [0.1, 0.15) is 5.75 Å². The van der Waals surface area contributed by atoms with E-state index in [1.54, 1.807) is 13.2 Å². The highest BCUT2D eigenvalue weighted by molar-refractivity contribution is 9.09. The van der Waals surface area contributed by atoms with Crippen molar-refractivity contribution in [3.05, 3.63) is 28.3 Å². The number of aliphatic hydroxyl groups excluding tert-OH is 1. The summed E-state index contributed by atoms with van der Waals surface area (Å²) in [6, 6.07) is 3.56. The van der Waals surface area contributed by atoms with E-state index >= 15 is 0 Å². The summed E-state index contributed by atoms with van der Waals surface area (Å²) in [5.41, 5.74) is 1.80. The summed E-state index contributed by atoms with van der Waals surface area (Å²) in [5.74, 6) is 0.634. The molecule has 0 amide bonds. The summed E-state index contributed by atoms with van der Waals surface area (Å²) < 4.78 is 5.07. The first-order valence-electron chi connectivity index (χ1n) is 4.18. The van der Waals surface area contributed by atoms with Crippen LogP contribution in [0.2, 0.25) is 5.02 Å². The maximum Gasteiger partial charge on any atom is 0.137 e. The molecule has 1 unspecified atom stereocenters. The standard InChI is InChI=1S/C10H12BrClO2/c1-6-3-10(14-2)8(12)4-7(6)9(13)5-11/h3-4,9,13H,5H2,1-2H3. The molecule has 78 valence electrons. The molecule has 0 aliphatic carbocycles. The highest BCUT2D eigenvalue weighted by Crippen LogP contribution is 2.31. The Bertz CT molecular complexity index is 328. The normalized spacial score (nSPS) is 12.6. The van der Waals surface area contributed by atoms with Gasteiger partial charge in [-0.1, -0.05) is 27.5 Å². The molecule has 0 aliphatic heterocycles. The average molecular weight is 280 g/mol. The first-order chi connectivity index (χ1) is 6.60. The topological polar surface area (TPSA) is 29.5 Å². The molecule has 0 fully saturated rings. The van der Waals surface area contributed by atoms with Crippen LogP contribution in [0.15, 0.2) is 12.1 Å². The summed E-state index contributed by atoms with van der Waals surface area (Å²) in [6.07, 6.45) is -0.529. The van der Waals surface area contributed by atoms with Crippen molar-refractivity contribution in [2.75, 3.05) is 12.4 Å². The van der Waals surface area contributed by atoms with Gasteiger partial charge in [-0.3, -0.25) is 0 Å². The van der Waals surface area contributed by atoms with Gasteiger partial charge >= 0.3 is 0 Å². The van der Waals surface area contributed by atoms with Crippen molar-refractivity contribution in [1.82, 2.24) is 0 Å². The Morgan fingerprint density at radius 2 is 2.21 bits per heavy atom. The van der Waals surface area contributed by atoms with Crippen molar-refractivity contribution < 1.29 is 9.84 Å². The third-order valence-corrected chi connectivity index (χ3v) is 2.95. The van der Waals surface area contributed by atoms with Gasteiger partial charge in [0.05, 0.1) is 18.2 Å². The summed E-state index contributed by atoms with van der Waals surface area (Å²) in [5, 5.41) is 10.7. The Morgan fingerprint density at radius 1 is 1.57 bits per heavy atom. The minimum atomic E-state index is -0.529. The van der Waals surface area contributed by atoms with E-state index < -0.39 is 6.10 Å². The van der Waals surface area contributed by atoms with Crippen LogP contribution < -0.4 is 4.74 Å². The Labute approximate surface area is 97.0 Å². The molecule has 1 aromatic carbocycles. The maximum atomic E-state index is 9.65. The van der Waals surface area contributed by atoms with Gasteiger partial charge in [0.2, 0.25) is 0 Å². The van der Waals surface area contributed by atoms with Gasteiger partial charge in [0, 0.05) is 5.33 Å². The van der Waals surface area contributed by atoms with Crippen LogP contribution in [0.5, 0.6) is 5.75 Å². The number of aryl methyl sites for hydroxylation is 1. The number of ether oxygens (including phenoxy) is 1. The SMILES string of the molecule is COc1cc(C)c(C(O)CBr)cc1Cl. The lowest BCUT2D eigenvalue weighted by molar-refractivity contribution is 0.204. The summed E-state index contributed by atoms with van der Waals surface area (Å²) >= 11 is 9.17. The van der Waals surface area contributed by atoms with E-state index in [4.69, 9.17) is 16.3 Å². The average Bonchev–Trinajstić information content (AvgIpc) is 2.19. The molecule has 4 heteroatoms. The molecule has 2 nitrogen and oxygen atoms in total. The van der Waals surface area contributed by atoms with Gasteiger partial charge < -0.3 is 9.84 Å². The second-order valence-corrected chi connectivity index (χ2v) is 4.07. The van der Waals surface area contributed by atoms with E-state index in [1.807, 2.05) is 13.0 Å². The Kier molecular flexibility index (Phi) is 4.23. The van der Waals surface area contributed by atoms with Gasteiger partial charge in [0.15, 0.2) is 0 Å². The molecule has 0 radical (unpaired) electrons. The number of hydrogen-bond donors (Lipinski definition) is 1. The molecular weight excluding hydrogens is 267 g/mol. The Hall–Kier alpha value is -0.250. The van der Waals surface area contributed by atoms with Crippen molar-refractivity contribution in [3.8, 4) is 5.75 Å². The largest absolute Gasteiger partial charge is 0.495 e. The number of hydrogen-bond acceptors (Lipinski definition) is 2. The van der Waals surface area contributed by atoms with Crippen molar-refractivity contribution in [3.63, 3.8) is 0 Å². The minimum absolute atomic E-state index is 0.497. The molecule has 0 aliphatic rings. The van der Waals surface area contributed by atoms with Gasteiger partial charge in [0.25, 0.3) is 0 Å². The minimum Gasteiger partial charge on any atom is -0.495 e. The molecule has 1 aromatic rings. The Balaban J connectivity index is 3.14. The van der Waals surface area contributed by atoms with Crippen LogP contribution in [0.1, 0.15) is 17.2 Å². The highest BCUT2D eigenvalue weighted by atomic mass is 79.9. The smallest absolute Gasteiger partial charge is 0.137 e. The predicted molar refractivity (Wildman–Crippen MR) is 61.5 cm³/mol. The lowest BCUT2D eigenvalue weighted by Crippen LogP contribution is -2.01. The monoisotopic (exact) mass is 278 g/mol. The molecule has 0 spiro atoms. The first kappa shape index (κ1) is 11.8. The van der Waals surface area contributed by atoms with Crippen LogP contribution in [0, 0.1) is 6.92 Å². The molecule has 1 N–H and O–H groups in total. The molecule has 0 saturated carbocycles. The second-order valence-electron chi connectivity index (χ2n) is 3.01. The van der Waals surface area contributed by atoms with Gasteiger partial charge in [-0.15, -0.1) is 0 Å². The lowest BCUT2D eigenvalue weighted by atomic mass is 10.0. The van der Waals surface area contributed by atoms with Crippen LogP contribution in [0.4, 0.5) is 0 Å². The molecule has 1 atom stereocenters. The highest BCUT2D eigenvalue weighted by Gasteiger charge is 2.12. The van der Waals surface area contributed by atoms with Gasteiger partial charge in [-0.05, 0) is 30.2 Å². The van der Waals surface area contributed by atoms with E-state index in [1.165, 1.54) is 0 Å². The van der Waals surface area contributed by atoms with Gasteiger partial charge in [-0.25, -0.2) is 0 Å². The van der Waals surface area contributed by atoms with Gasteiger partial charge in [-0.2, -0.15) is 0 Å². The summed E-state index contributed by atoms with van der Waals surface area (Å²) in [4.78, 5) is 0. The molecule has 0 aromatic heterocycles. The third kappa shape index (κ3) is 2.41. The van der Waals surface area contributed by atoms with Crippen LogP contribution in [0.25, 0.3) is 0 Å². The molecule has 0 saturated heterocycles. The van der Waals surface area contributed by atoms with Crippen LogP contribution in [-0.2, 0) is 0 Å². The fraction of sp³-hybridized carbons (Fsp3) is 0.400. The zero-order valence-corrected chi connectivity index (χ0v) is 10.4. The van der Waals surface area contributed by atoms with Crippen molar-refractivity contribution in [2.45, 2.75) is 13.0 Å². The molecule has 1 rings (SSSR count). The van der Waals surface area contributed by atoms with Crippen molar-refractivity contribution >= 4 is 27.5 Å². The lowest BCUT2D eigenvalue weighted by Gasteiger charge is -2.13. The number of methoxy groups -OCH3 is 1. The molecular formula is C10H12BrClO2. The van der Waals surface area contributed by atoms with Crippen molar-refractivity contribution in [1.29, 1.82) is 0 Å². The Morgan fingerprint density at radius 3 is 2.71 bits per heavy atom. The fourth-order valence-electron chi connectivity index (χ4n) is 1.27. The predicted octanol–water partition coefficient (Wildman–Crippen LogP) is 3.09. The van der Waals surface area contributed by atoms with E-state index in [0.29, 0.717) is 16.1 Å². The second kappa shape index (κ2) is 5.01. The fourth-order valence-corrected chi connectivity index (χ4v) is 1.87. The number of benzene rings is 1. The maximum absolute atomic E-state index is 9.65. The third-order valence-electron chi connectivity index (χ3n) is 2.05. The first-order valence-corrected chi connectivity index (χ1v) is 5.68. The summed E-state index contributed by atoms with van der Waals surface area (Å²) in [7, 11) is 1.57. The van der Waals surface area contributed by atoms with Crippen LogP contribution in [-0.4, -0.2) is 17.5 Å². The zero-order chi connectivity index (χ0) is 10.7. The molecule has 0 bridgehead atoms. The van der Waals surface area contributed by atoms with E-state index in [0.717, 1.165) is 11.1 Å².